The highest BCUT2D eigenvalue weighted by molar-refractivity contribution is 5.30. The van der Waals surface area contributed by atoms with E-state index in [0.29, 0.717) is 11.6 Å². The molecule has 4 heterocycles. The smallest absolute Gasteiger partial charge is 0.0589 e. The molecule has 34 heavy (non-hydrogen) atoms. The summed E-state index contributed by atoms with van der Waals surface area (Å²) < 4.78 is 0. The second-order valence-corrected chi connectivity index (χ2v) is 11.6. The summed E-state index contributed by atoms with van der Waals surface area (Å²) in [6.07, 6.45) is 6.15. The molecule has 0 amide bonds. The van der Waals surface area contributed by atoms with E-state index in [-0.39, 0.29) is 0 Å². The molecule has 0 aliphatic carbocycles. The van der Waals surface area contributed by atoms with E-state index in [2.05, 4.69) is 98.5 Å². The highest BCUT2D eigenvalue weighted by Gasteiger charge is 2.27. The largest absolute Gasteiger partial charge is 0.301 e. The van der Waals surface area contributed by atoms with Gasteiger partial charge in [-0.05, 0) is 97.2 Å². The molecule has 4 nitrogen and oxygen atoms in total. The number of hydrogen-bond donors (Lipinski definition) is 0. The molecule has 5 rings (SSSR count). The van der Waals surface area contributed by atoms with Crippen LogP contribution in [0.15, 0.2) is 42.6 Å². The van der Waals surface area contributed by atoms with Gasteiger partial charge in [-0.2, -0.15) is 0 Å². The molecule has 4 heteroatoms. The first-order valence-corrected chi connectivity index (χ1v) is 13.4. The van der Waals surface area contributed by atoms with Gasteiger partial charge in [-0.1, -0.05) is 36.8 Å². The van der Waals surface area contributed by atoms with E-state index in [1.165, 1.54) is 54.7 Å². The maximum Gasteiger partial charge on any atom is 0.0589 e. The normalized spacial score (nSPS) is 18.7. The minimum Gasteiger partial charge on any atom is -0.301 e. The Bertz CT molecular complexity index is 827. The minimum absolute atomic E-state index is 0.291. The predicted octanol–water partition coefficient (Wildman–Crippen LogP) is 6.49. The van der Waals surface area contributed by atoms with E-state index >= 15 is 0 Å². The average Bonchev–Trinajstić information content (AvgIpc) is 3.45. The van der Waals surface area contributed by atoms with Crippen LogP contribution in [0.1, 0.15) is 90.1 Å². The van der Waals surface area contributed by atoms with Crippen LogP contribution in [-0.4, -0.2) is 50.4 Å². The zero-order valence-corrected chi connectivity index (χ0v) is 22.8. The van der Waals surface area contributed by atoms with Gasteiger partial charge in [0.25, 0.3) is 0 Å². The van der Waals surface area contributed by atoms with Crippen LogP contribution in [0, 0.1) is 0 Å². The van der Waals surface area contributed by atoms with Crippen molar-refractivity contribution in [3.63, 3.8) is 0 Å². The molecule has 0 atom stereocenters. The Kier molecular flexibility index (Phi) is 9.70. The standard InChI is InChI=1S/C12H17N.C10H14N2.C8H17N/c1-12(2,3)13-8-10-6-4-5-7-11(10)9-13;1-8(2)12-6-9-4-3-5-11-10(9)7-12;1-8(2)9-6-4-3-5-7-9/h4-7H,8-9H2,1-3H3;3-5,8H,6-7H2,1-2H3;8H,3-7H2,1-2H3. The van der Waals surface area contributed by atoms with E-state index in [9.17, 15) is 0 Å². The number of nitrogens with zero attached hydrogens (tertiary/aromatic N) is 4. The molecule has 0 bridgehead atoms. The summed E-state index contributed by atoms with van der Waals surface area (Å²) in [6.45, 7) is 22.8. The van der Waals surface area contributed by atoms with Gasteiger partial charge < -0.3 is 4.90 Å². The SMILES string of the molecule is CC(C)(C)N1Cc2ccccc2C1.CC(C)N1CCCCC1.CC(C)N1Cc2cccnc2C1. The van der Waals surface area contributed by atoms with Crippen LogP contribution in [0.2, 0.25) is 0 Å². The molecule has 0 N–H and O–H groups in total. The molecule has 1 aromatic carbocycles. The molecule has 0 unspecified atom stereocenters. The fourth-order valence-corrected chi connectivity index (χ4v) is 4.83. The van der Waals surface area contributed by atoms with Crippen molar-refractivity contribution in [2.75, 3.05) is 13.1 Å². The molecule has 0 spiro atoms. The maximum absolute atomic E-state index is 4.35. The van der Waals surface area contributed by atoms with Gasteiger partial charge in [-0.15, -0.1) is 0 Å². The van der Waals surface area contributed by atoms with Gasteiger partial charge in [0.2, 0.25) is 0 Å². The van der Waals surface area contributed by atoms with Crippen LogP contribution in [-0.2, 0) is 26.2 Å². The van der Waals surface area contributed by atoms with E-state index in [1.54, 1.807) is 0 Å². The first-order valence-electron chi connectivity index (χ1n) is 13.4. The molecule has 188 valence electrons. The molecule has 2 aromatic rings. The first-order chi connectivity index (χ1) is 16.1. The van der Waals surface area contributed by atoms with E-state index < -0.39 is 0 Å². The highest BCUT2D eigenvalue weighted by atomic mass is 15.2. The lowest BCUT2D eigenvalue weighted by atomic mass is 10.1. The summed E-state index contributed by atoms with van der Waals surface area (Å²) in [5.41, 5.74) is 5.94. The van der Waals surface area contributed by atoms with Gasteiger partial charge in [0.15, 0.2) is 0 Å². The third-order valence-electron chi connectivity index (χ3n) is 7.35. The molecule has 0 radical (unpaired) electrons. The zero-order valence-electron chi connectivity index (χ0n) is 22.8. The van der Waals surface area contributed by atoms with Crippen LogP contribution in [0.5, 0.6) is 0 Å². The molecule has 3 aliphatic rings. The quantitative estimate of drug-likeness (QED) is 0.507. The molecule has 1 saturated heterocycles. The number of benzene rings is 1. The first kappa shape index (κ1) is 26.8. The number of piperidine rings is 1. The van der Waals surface area contributed by atoms with E-state index in [1.807, 2.05) is 12.3 Å². The van der Waals surface area contributed by atoms with Gasteiger partial charge in [-0.3, -0.25) is 14.8 Å². The highest BCUT2D eigenvalue weighted by Crippen LogP contribution is 2.28. The fourth-order valence-electron chi connectivity index (χ4n) is 4.83. The second-order valence-electron chi connectivity index (χ2n) is 11.6. The number of rotatable bonds is 2. The average molecular weight is 465 g/mol. The van der Waals surface area contributed by atoms with Gasteiger partial charge in [0.1, 0.15) is 0 Å². The summed E-state index contributed by atoms with van der Waals surface area (Å²) in [5.74, 6) is 0. The summed E-state index contributed by atoms with van der Waals surface area (Å²) in [6, 6.07) is 14.3. The Morgan fingerprint density at radius 3 is 1.71 bits per heavy atom. The van der Waals surface area contributed by atoms with E-state index in [0.717, 1.165) is 32.2 Å². The summed E-state index contributed by atoms with van der Waals surface area (Å²) in [7, 11) is 0. The van der Waals surface area contributed by atoms with Crippen molar-refractivity contribution >= 4 is 0 Å². The van der Waals surface area contributed by atoms with Gasteiger partial charge in [0.05, 0.1) is 5.69 Å². The fraction of sp³-hybridized carbons (Fsp3) is 0.633. The van der Waals surface area contributed by atoms with Crippen LogP contribution in [0.3, 0.4) is 0 Å². The third-order valence-corrected chi connectivity index (χ3v) is 7.35. The number of hydrogen-bond acceptors (Lipinski definition) is 4. The Hall–Kier alpha value is -1.75. The maximum atomic E-state index is 4.35. The monoisotopic (exact) mass is 464 g/mol. The lowest BCUT2D eigenvalue weighted by molar-refractivity contribution is 0.136. The summed E-state index contributed by atoms with van der Waals surface area (Å²) in [4.78, 5) is 11.8. The number of likely N-dealkylation sites (tertiary alicyclic amines) is 1. The Balaban J connectivity index is 0.000000146. The van der Waals surface area contributed by atoms with Crippen LogP contribution >= 0.6 is 0 Å². The Morgan fingerprint density at radius 2 is 1.24 bits per heavy atom. The van der Waals surface area contributed by atoms with Gasteiger partial charge in [-0.25, -0.2) is 0 Å². The van der Waals surface area contributed by atoms with Gasteiger partial charge in [0, 0.05) is 50.0 Å². The van der Waals surface area contributed by atoms with Crippen molar-refractivity contribution in [1.82, 2.24) is 19.7 Å². The molecule has 3 aliphatic heterocycles. The van der Waals surface area contributed by atoms with Crippen molar-refractivity contribution in [1.29, 1.82) is 0 Å². The molecular formula is C30H48N4. The predicted molar refractivity (Wildman–Crippen MR) is 145 cm³/mol. The third kappa shape index (κ3) is 7.63. The molecule has 0 saturated carbocycles. The van der Waals surface area contributed by atoms with Crippen LogP contribution in [0.4, 0.5) is 0 Å². The van der Waals surface area contributed by atoms with Crippen molar-refractivity contribution in [3.05, 3.63) is 65.0 Å². The molecule has 1 aromatic heterocycles. The number of fused-ring (bicyclic) bond motifs is 2. The second kappa shape index (κ2) is 12.3. The van der Waals surface area contributed by atoms with E-state index in [4.69, 9.17) is 0 Å². The molecular weight excluding hydrogens is 416 g/mol. The minimum atomic E-state index is 0.291. The number of aromatic nitrogens is 1. The Labute approximate surface area is 209 Å². The van der Waals surface area contributed by atoms with Crippen molar-refractivity contribution in [3.8, 4) is 0 Å². The lowest BCUT2D eigenvalue weighted by Gasteiger charge is -2.31. The van der Waals surface area contributed by atoms with Crippen molar-refractivity contribution < 1.29 is 0 Å². The van der Waals surface area contributed by atoms with Crippen molar-refractivity contribution in [2.24, 2.45) is 0 Å². The Morgan fingerprint density at radius 1 is 0.676 bits per heavy atom. The van der Waals surface area contributed by atoms with Crippen LogP contribution in [0.25, 0.3) is 0 Å². The summed E-state index contributed by atoms with van der Waals surface area (Å²) in [5, 5.41) is 0. The lowest BCUT2D eigenvalue weighted by Crippen LogP contribution is -2.36. The van der Waals surface area contributed by atoms with Crippen LogP contribution < -0.4 is 0 Å². The number of pyridine rings is 1. The van der Waals surface area contributed by atoms with Gasteiger partial charge >= 0.3 is 0 Å². The zero-order chi connectivity index (χ0) is 24.7. The summed E-state index contributed by atoms with van der Waals surface area (Å²) >= 11 is 0. The van der Waals surface area contributed by atoms with Crippen molar-refractivity contribution in [2.45, 2.75) is 112 Å². The topological polar surface area (TPSA) is 22.6 Å². The molecule has 1 fully saturated rings.